The molecule has 6 nitrogen and oxygen atoms in total. The van der Waals surface area contributed by atoms with Crippen molar-refractivity contribution in [2.75, 3.05) is 5.73 Å². The zero-order valence-electron chi connectivity index (χ0n) is 12.5. The van der Waals surface area contributed by atoms with E-state index in [0.29, 0.717) is 0 Å². The molecule has 2 rings (SSSR count). The van der Waals surface area contributed by atoms with Crippen LogP contribution in [0.1, 0.15) is 52.9 Å². The third kappa shape index (κ3) is 4.21. The lowest BCUT2D eigenvalue weighted by Crippen LogP contribution is -2.26. The lowest BCUT2D eigenvalue weighted by atomic mass is 9.86. The number of nitrogens with zero attached hydrogens (tertiary/aromatic N) is 3. The van der Waals surface area contributed by atoms with Gasteiger partial charge in [0.15, 0.2) is 0 Å². The van der Waals surface area contributed by atoms with E-state index in [1.807, 2.05) is 13.8 Å². The Bertz CT molecular complexity index is 439. The molecule has 0 bridgehead atoms. The van der Waals surface area contributed by atoms with Crippen LogP contribution in [0.5, 0.6) is 12.0 Å². The van der Waals surface area contributed by atoms with Gasteiger partial charge in [0.05, 0.1) is 6.10 Å². The number of hydrogen-bond donors (Lipinski definition) is 1. The molecule has 0 aliphatic heterocycles. The average Bonchev–Trinajstić information content (AvgIpc) is 2.37. The van der Waals surface area contributed by atoms with Crippen LogP contribution in [0.15, 0.2) is 0 Å². The van der Waals surface area contributed by atoms with E-state index in [-0.39, 0.29) is 30.2 Å². The van der Waals surface area contributed by atoms with Crippen LogP contribution in [0.2, 0.25) is 0 Å². The lowest BCUT2D eigenvalue weighted by molar-refractivity contribution is 0.109. The fourth-order valence-electron chi connectivity index (χ4n) is 2.54. The minimum absolute atomic E-state index is 0.0104. The van der Waals surface area contributed by atoms with Crippen molar-refractivity contribution in [2.24, 2.45) is 5.92 Å². The number of nitrogens with two attached hydrogens (primary N) is 1. The molecule has 1 aliphatic carbocycles. The summed E-state index contributed by atoms with van der Waals surface area (Å²) in [6.45, 7) is 6.05. The zero-order valence-corrected chi connectivity index (χ0v) is 12.5. The van der Waals surface area contributed by atoms with E-state index in [1.54, 1.807) is 0 Å². The Morgan fingerprint density at radius 2 is 1.95 bits per heavy atom. The molecule has 112 valence electrons. The zero-order chi connectivity index (χ0) is 14.5. The van der Waals surface area contributed by atoms with Crippen LogP contribution in [0.25, 0.3) is 0 Å². The molecule has 1 aromatic heterocycles. The summed E-state index contributed by atoms with van der Waals surface area (Å²) in [6.07, 6.45) is 5.94. The molecule has 6 heteroatoms. The first-order chi connectivity index (χ1) is 9.56. The van der Waals surface area contributed by atoms with Gasteiger partial charge < -0.3 is 15.2 Å². The first-order valence-corrected chi connectivity index (χ1v) is 7.41. The van der Waals surface area contributed by atoms with E-state index in [0.717, 1.165) is 18.8 Å². The van der Waals surface area contributed by atoms with Crippen LogP contribution in [-0.4, -0.2) is 27.2 Å². The molecule has 0 saturated heterocycles. The summed E-state index contributed by atoms with van der Waals surface area (Å²) >= 11 is 0. The molecule has 20 heavy (non-hydrogen) atoms. The summed E-state index contributed by atoms with van der Waals surface area (Å²) in [5, 5.41) is 0. The van der Waals surface area contributed by atoms with E-state index in [2.05, 4.69) is 21.9 Å². The summed E-state index contributed by atoms with van der Waals surface area (Å²) in [7, 11) is 0. The van der Waals surface area contributed by atoms with Gasteiger partial charge in [-0.2, -0.15) is 9.97 Å². The Kier molecular flexibility index (Phi) is 4.98. The fraction of sp³-hybridized carbons (Fsp3) is 0.786. The number of hydrogen-bond acceptors (Lipinski definition) is 6. The van der Waals surface area contributed by atoms with E-state index >= 15 is 0 Å². The predicted molar refractivity (Wildman–Crippen MR) is 76.7 cm³/mol. The normalized spacial score (nSPS) is 22.8. The maximum atomic E-state index is 5.87. The second kappa shape index (κ2) is 6.72. The number of nitrogen functional groups attached to an aromatic ring is 1. The van der Waals surface area contributed by atoms with Crippen LogP contribution in [-0.2, 0) is 0 Å². The quantitative estimate of drug-likeness (QED) is 0.892. The van der Waals surface area contributed by atoms with Crippen molar-refractivity contribution in [3.05, 3.63) is 0 Å². The minimum Gasteiger partial charge on any atom is -0.461 e. The van der Waals surface area contributed by atoms with Gasteiger partial charge in [-0.1, -0.05) is 19.8 Å². The standard InChI is InChI=1S/C14H24N4O2/c1-4-10-6-5-7-11(8-10)20-14-17-12(15)16-13(18-14)19-9(2)3/h9-11H,4-8H2,1-3H3,(H2,15,16,17,18). The Morgan fingerprint density at radius 3 is 2.65 bits per heavy atom. The van der Waals surface area contributed by atoms with Gasteiger partial charge in [0.1, 0.15) is 6.10 Å². The van der Waals surface area contributed by atoms with E-state index in [1.165, 1.54) is 19.3 Å². The third-order valence-corrected chi connectivity index (χ3v) is 3.54. The smallest absolute Gasteiger partial charge is 0.324 e. The minimum atomic E-state index is -0.0104. The molecule has 1 fully saturated rings. The van der Waals surface area contributed by atoms with E-state index in [9.17, 15) is 0 Å². The van der Waals surface area contributed by atoms with Gasteiger partial charge >= 0.3 is 12.0 Å². The Labute approximate surface area is 120 Å². The summed E-state index contributed by atoms with van der Waals surface area (Å²) in [4.78, 5) is 12.2. The van der Waals surface area contributed by atoms with Gasteiger partial charge in [0, 0.05) is 0 Å². The van der Waals surface area contributed by atoms with Gasteiger partial charge in [-0.3, -0.25) is 0 Å². The monoisotopic (exact) mass is 280 g/mol. The highest BCUT2D eigenvalue weighted by atomic mass is 16.5. The van der Waals surface area contributed by atoms with Crippen molar-refractivity contribution in [2.45, 2.75) is 65.1 Å². The predicted octanol–water partition coefficient (Wildman–Crippen LogP) is 2.59. The number of ether oxygens (including phenoxy) is 2. The average molecular weight is 280 g/mol. The first-order valence-electron chi connectivity index (χ1n) is 7.41. The molecule has 2 N–H and O–H groups in total. The second-order valence-corrected chi connectivity index (χ2v) is 5.61. The maximum absolute atomic E-state index is 5.87. The molecule has 1 saturated carbocycles. The van der Waals surface area contributed by atoms with Gasteiger partial charge in [-0.05, 0) is 39.0 Å². The fourth-order valence-corrected chi connectivity index (χ4v) is 2.54. The molecule has 2 unspecified atom stereocenters. The van der Waals surface area contributed by atoms with Crippen molar-refractivity contribution in [1.29, 1.82) is 0 Å². The van der Waals surface area contributed by atoms with Gasteiger partial charge in [-0.15, -0.1) is 4.98 Å². The Hall–Kier alpha value is -1.59. The molecule has 0 aromatic carbocycles. The van der Waals surface area contributed by atoms with Crippen LogP contribution >= 0.6 is 0 Å². The molecular weight excluding hydrogens is 256 g/mol. The van der Waals surface area contributed by atoms with Crippen LogP contribution in [0.4, 0.5) is 5.95 Å². The van der Waals surface area contributed by atoms with Gasteiger partial charge in [-0.25, -0.2) is 0 Å². The molecule has 1 aliphatic rings. The van der Waals surface area contributed by atoms with E-state index in [4.69, 9.17) is 15.2 Å². The molecule has 0 radical (unpaired) electrons. The van der Waals surface area contributed by atoms with Crippen molar-refractivity contribution in [3.8, 4) is 12.0 Å². The Balaban J connectivity index is 2.02. The highest BCUT2D eigenvalue weighted by Crippen LogP contribution is 2.29. The maximum Gasteiger partial charge on any atom is 0.324 e. The summed E-state index contributed by atoms with van der Waals surface area (Å²) in [6, 6.07) is 0.500. The van der Waals surface area contributed by atoms with Crippen LogP contribution < -0.4 is 15.2 Å². The number of rotatable bonds is 5. The van der Waals surface area contributed by atoms with Crippen molar-refractivity contribution in [3.63, 3.8) is 0 Å². The van der Waals surface area contributed by atoms with Crippen molar-refractivity contribution < 1.29 is 9.47 Å². The first kappa shape index (κ1) is 14.8. The van der Waals surface area contributed by atoms with Crippen molar-refractivity contribution >= 4 is 5.95 Å². The Morgan fingerprint density at radius 1 is 1.20 bits per heavy atom. The molecule has 1 heterocycles. The summed E-state index contributed by atoms with van der Waals surface area (Å²) in [5.41, 5.74) is 5.67. The van der Waals surface area contributed by atoms with Crippen molar-refractivity contribution in [1.82, 2.24) is 15.0 Å². The van der Waals surface area contributed by atoms with Crippen LogP contribution in [0, 0.1) is 5.92 Å². The number of anilines is 1. The molecular formula is C14H24N4O2. The molecule has 2 atom stereocenters. The third-order valence-electron chi connectivity index (χ3n) is 3.54. The highest BCUT2D eigenvalue weighted by molar-refractivity contribution is 5.20. The number of aromatic nitrogens is 3. The largest absolute Gasteiger partial charge is 0.461 e. The topological polar surface area (TPSA) is 83.2 Å². The van der Waals surface area contributed by atoms with Gasteiger partial charge in [0.2, 0.25) is 5.95 Å². The molecule has 0 spiro atoms. The summed E-state index contributed by atoms with van der Waals surface area (Å²) < 4.78 is 11.3. The van der Waals surface area contributed by atoms with E-state index < -0.39 is 0 Å². The lowest BCUT2D eigenvalue weighted by Gasteiger charge is -2.28. The van der Waals surface area contributed by atoms with Crippen LogP contribution in [0.3, 0.4) is 0 Å². The summed E-state index contributed by atoms with van der Waals surface area (Å²) in [5.74, 6) is 0.868. The molecule has 1 aromatic rings. The SMILES string of the molecule is CCC1CCCC(Oc2nc(N)nc(OC(C)C)n2)C1. The molecule has 0 amide bonds. The highest BCUT2D eigenvalue weighted by Gasteiger charge is 2.23. The van der Waals surface area contributed by atoms with Gasteiger partial charge in [0.25, 0.3) is 0 Å². The second-order valence-electron chi connectivity index (χ2n) is 5.61.